The summed E-state index contributed by atoms with van der Waals surface area (Å²) in [6, 6.07) is 0. The van der Waals surface area contributed by atoms with Gasteiger partial charge in [0.25, 0.3) is 0 Å². The molecule has 1 heteroatoms. The van der Waals surface area contributed by atoms with Gasteiger partial charge in [-0.3, -0.25) is 0 Å². The maximum Gasteiger partial charge on any atom is -0.00461 e. The first-order valence-corrected chi connectivity index (χ1v) is 5.42. The van der Waals surface area contributed by atoms with Crippen LogP contribution in [0.25, 0.3) is 0 Å². The Bertz CT molecular complexity index is 152. The summed E-state index contributed by atoms with van der Waals surface area (Å²) in [5.74, 6) is 2.05. The molecule has 2 fully saturated rings. The average molecular weight is 167 g/mol. The molecule has 0 unspecified atom stereocenters. The molecule has 0 aromatic heterocycles. The Morgan fingerprint density at radius 2 is 1.42 bits per heavy atom. The Morgan fingerprint density at radius 1 is 0.917 bits per heavy atom. The van der Waals surface area contributed by atoms with Crippen molar-refractivity contribution in [1.82, 2.24) is 5.32 Å². The van der Waals surface area contributed by atoms with Crippen molar-refractivity contribution in [3.63, 3.8) is 0 Å². The van der Waals surface area contributed by atoms with Crippen molar-refractivity contribution in [2.45, 2.75) is 39.5 Å². The van der Waals surface area contributed by atoms with E-state index in [1.165, 1.54) is 38.8 Å². The Kier molecular flexibility index (Phi) is 2.16. The van der Waals surface area contributed by atoms with Crippen molar-refractivity contribution in [1.29, 1.82) is 0 Å². The molecule has 0 radical (unpaired) electrons. The van der Waals surface area contributed by atoms with Gasteiger partial charge in [0.1, 0.15) is 0 Å². The molecule has 0 aromatic rings. The van der Waals surface area contributed by atoms with Gasteiger partial charge in [-0.05, 0) is 56.0 Å². The van der Waals surface area contributed by atoms with Crippen molar-refractivity contribution in [2.75, 3.05) is 13.1 Å². The first kappa shape index (κ1) is 8.55. The molecule has 1 heterocycles. The summed E-state index contributed by atoms with van der Waals surface area (Å²) >= 11 is 0. The molecule has 0 spiro atoms. The van der Waals surface area contributed by atoms with Gasteiger partial charge in [0.2, 0.25) is 0 Å². The zero-order valence-electron chi connectivity index (χ0n) is 8.40. The second-order valence-electron chi connectivity index (χ2n) is 5.12. The molecule has 1 nitrogen and oxygen atoms in total. The van der Waals surface area contributed by atoms with Gasteiger partial charge in [0, 0.05) is 0 Å². The van der Waals surface area contributed by atoms with Gasteiger partial charge < -0.3 is 5.32 Å². The quantitative estimate of drug-likeness (QED) is 0.666. The molecular formula is C11H21N. The lowest BCUT2D eigenvalue weighted by Crippen LogP contribution is -2.36. The fourth-order valence-electron chi connectivity index (χ4n) is 2.73. The molecule has 0 amide bonds. The summed E-state index contributed by atoms with van der Waals surface area (Å²) in [7, 11) is 0. The number of hydrogen-bond acceptors (Lipinski definition) is 1. The van der Waals surface area contributed by atoms with E-state index in [2.05, 4.69) is 19.2 Å². The summed E-state index contributed by atoms with van der Waals surface area (Å²) in [5, 5.41) is 3.45. The summed E-state index contributed by atoms with van der Waals surface area (Å²) in [5.41, 5.74) is 0.641. The van der Waals surface area contributed by atoms with E-state index in [0.29, 0.717) is 5.41 Å². The minimum atomic E-state index is 0.641. The van der Waals surface area contributed by atoms with E-state index in [1.807, 2.05) is 0 Å². The van der Waals surface area contributed by atoms with Crippen molar-refractivity contribution in [3.8, 4) is 0 Å². The van der Waals surface area contributed by atoms with Crippen molar-refractivity contribution >= 4 is 0 Å². The van der Waals surface area contributed by atoms with Gasteiger partial charge in [-0.25, -0.2) is 0 Å². The van der Waals surface area contributed by atoms with Gasteiger partial charge in [0.15, 0.2) is 0 Å². The number of rotatable bonds is 2. The number of piperidine rings is 1. The highest BCUT2D eigenvalue weighted by molar-refractivity contribution is 4.93. The molecule has 1 saturated carbocycles. The van der Waals surface area contributed by atoms with Crippen LogP contribution >= 0.6 is 0 Å². The van der Waals surface area contributed by atoms with Crippen LogP contribution in [0.15, 0.2) is 0 Å². The summed E-state index contributed by atoms with van der Waals surface area (Å²) in [4.78, 5) is 0. The van der Waals surface area contributed by atoms with Crippen LogP contribution in [-0.2, 0) is 0 Å². The summed E-state index contributed by atoms with van der Waals surface area (Å²) in [6.07, 6.45) is 5.81. The SMILES string of the molecule is CC(C)(C1CCNCC1)C1CC1. The summed E-state index contributed by atoms with van der Waals surface area (Å²) in [6.45, 7) is 7.48. The Hall–Kier alpha value is -0.0400. The lowest BCUT2D eigenvalue weighted by molar-refractivity contribution is 0.138. The third-order valence-corrected chi connectivity index (χ3v) is 4.02. The smallest absolute Gasteiger partial charge is 0.00461 e. The van der Waals surface area contributed by atoms with E-state index in [1.54, 1.807) is 0 Å². The number of hydrogen-bond donors (Lipinski definition) is 1. The van der Waals surface area contributed by atoms with Crippen LogP contribution in [0, 0.1) is 17.3 Å². The molecule has 0 bridgehead atoms. The molecule has 0 aromatic carbocycles. The van der Waals surface area contributed by atoms with Crippen LogP contribution in [0.4, 0.5) is 0 Å². The lowest BCUT2D eigenvalue weighted by atomic mass is 9.71. The van der Waals surface area contributed by atoms with E-state index >= 15 is 0 Å². The summed E-state index contributed by atoms with van der Waals surface area (Å²) < 4.78 is 0. The molecule has 1 saturated heterocycles. The van der Waals surface area contributed by atoms with Crippen LogP contribution in [0.5, 0.6) is 0 Å². The Morgan fingerprint density at radius 3 is 1.92 bits per heavy atom. The Balaban J connectivity index is 1.95. The standard InChI is InChI=1S/C11H21N/c1-11(2,9-3-4-9)10-5-7-12-8-6-10/h9-10,12H,3-8H2,1-2H3. The molecule has 2 rings (SSSR count). The van der Waals surface area contributed by atoms with Gasteiger partial charge in [-0.15, -0.1) is 0 Å². The van der Waals surface area contributed by atoms with Gasteiger partial charge in [-0.2, -0.15) is 0 Å². The first-order chi connectivity index (χ1) is 5.71. The fraction of sp³-hybridized carbons (Fsp3) is 1.00. The van der Waals surface area contributed by atoms with Gasteiger partial charge in [-0.1, -0.05) is 13.8 Å². The maximum absolute atomic E-state index is 3.45. The van der Waals surface area contributed by atoms with E-state index < -0.39 is 0 Å². The third-order valence-electron chi connectivity index (χ3n) is 4.02. The predicted octanol–water partition coefficient (Wildman–Crippen LogP) is 2.42. The topological polar surface area (TPSA) is 12.0 Å². The van der Waals surface area contributed by atoms with Crippen molar-refractivity contribution < 1.29 is 0 Å². The molecule has 70 valence electrons. The largest absolute Gasteiger partial charge is 0.317 e. The average Bonchev–Trinajstić information content (AvgIpc) is 2.88. The molecule has 12 heavy (non-hydrogen) atoms. The molecule has 1 aliphatic carbocycles. The van der Waals surface area contributed by atoms with Crippen molar-refractivity contribution in [3.05, 3.63) is 0 Å². The van der Waals surface area contributed by atoms with Crippen LogP contribution in [0.1, 0.15) is 39.5 Å². The molecule has 0 atom stereocenters. The Labute approximate surface area is 75.9 Å². The molecule has 1 N–H and O–H groups in total. The minimum Gasteiger partial charge on any atom is -0.317 e. The third kappa shape index (κ3) is 1.52. The van der Waals surface area contributed by atoms with Crippen LogP contribution in [-0.4, -0.2) is 13.1 Å². The maximum atomic E-state index is 3.45. The second kappa shape index (κ2) is 3.02. The predicted molar refractivity (Wildman–Crippen MR) is 52.1 cm³/mol. The zero-order valence-corrected chi connectivity index (χ0v) is 8.40. The van der Waals surface area contributed by atoms with Crippen molar-refractivity contribution in [2.24, 2.45) is 17.3 Å². The molecular weight excluding hydrogens is 146 g/mol. The van der Waals surface area contributed by atoms with Crippen LogP contribution in [0.3, 0.4) is 0 Å². The van der Waals surface area contributed by atoms with E-state index in [-0.39, 0.29) is 0 Å². The number of nitrogens with one attached hydrogen (secondary N) is 1. The first-order valence-electron chi connectivity index (χ1n) is 5.42. The minimum absolute atomic E-state index is 0.641. The highest BCUT2D eigenvalue weighted by Gasteiger charge is 2.42. The highest BCUT2D eigenvalue weighted by atomic mass is 14.9. The molecule has 2 aliphatic rings. The zero-order chi connectivity index (χ0) is 8.60. The van der Waals surface area contributed by atoms with E-state index in [9.17, 15) is 0 Å². The van der Waals surface area contributed by atoms with Gasteiger partial charge in [0.05, 0.1) is 0 Å². The molecule has 1 aliphatic heterocycles. The monoisotopic (exact) mass is 167 g/mol. The van der Waals surface area contributed by atoms with Crippen LogP contribution < -0.4 is 5.32 Å². The van der Waals surface area contributed by atoms with Crippen LogP contribution in [0.2, 0.25) is 0 Å². The van der Waals surface area contributed by atoms with E-state index in [4.69, 9.17) is 0 Å². The lowest BCUT2D eigenvalue weighted by Gasteiger charge is -2.37. The van der Waals surface area contributed by atoms with Gasteiger partial charge >= 0.3 is 0 Å². The second-order valence-corrected chi connectivity index (χ2v) is 5.12. The fourth-order valence-corrected chi connectivity index (χ4v) is 2.73. The highest BCUT2D eigenvalue weighted by Crippen LogP contribution is 2.51. The normalized spacial score (nSPS) is 27.5. The van der Waals surface area contributed by atoms with E-state index in [0.717, 1.165) is 11.8 Å².